The van der Waals surface area contributed by atoms with Gasteiger partial charge in [-0.3, -0.25) is 4.79 Å². The number of amides is 1. The summed E-state index contributed by atoms with van der Waals surface area (Å²) in [4.78, 5) is 11.4. The van der Waals surface area contributed by atoms with Gasteiger partial charge in [0.2, 0.25) is 5.91 Å². The van der Waals surface area contributed by atoms with E-state index in [-0.39, 0.29) is 25.6 Å². The third kappa shape index (κ3) is 6.62. The molecule has 7 heteroatoms. The first-order valence-corrected chi connectivity index (χ1v) is 4.82. The lowest BCUT2D eigenvalue weighted by molar-refractivity contribution is -0.173. The van der Waals surface area contributed by atoms with Gasteiger partial charge in [-0.05, 0) is 13.8 Å². The van der Waals surface area contributed by atoms with Crippen LogP contribution in [-0.2, 0) is 9.53 Å². The van der Waals surface area contributed by atoms with Crippen molar-refractivity contribution in [1.29, 1.82) is 0 Å². The average Bonchev–Trinajstić information content (AvgIpc) is 2.15. The first kappa shape index (κ1) is 15.2. The summed E-state index contributed by atoms with van der Waals surface area (Å²) in [7, 11) is 0. The van der Waals surface area contributed by atoms with Crippen LogP contribution < -0.4 is 11.1 Å². The van der Waals surface area contributed by atoms with Gasteiger partial charge in [0.1, 0.15) is 6.61 Å². The van der Waals surface area contributed by atoms with E-state index in [0.29, 0.717) is 0 Å². The van der Waals surface area contributed by atoms with Crippen molar-refractivity contribution in [2.75, 3.05) is 26.3 Å². The Morgan fingerprint density at radius 1 is 1.38 bits per heavy atom. The van der Waals surface area contributed by atoms with Crippen LogP contribution in [0.5, 0.6) is 0 Å². The van der Waals surface area contributed by atoms with Crippen molar-refractivity contribution in [3.8, 4) is 0 Å². The minimum Gasteiger partial charge on any atom is -0.370 e. The average molecular weight is 242 g/mol. The Balaban J connectivity index is 3.64. The molecule has 0 spiro atoms. The van der Waals surface area contributed by atoms with Crippen molar-refractivity contribution < 1.29 is 22.7 Å². The number of carbonyl (C=O) groups excluding carboxylic acids is 1. The van der Waals surface area contributed by atoms with Gasteiger partial charge in [-0.15, -0.1) is 0 Å². The zero-order valence-electron chi connectivity index (χ0n) is 9.36. The molecular weight excluding hydrogens is 225 g/mol. The number of alkyl halides is 3. The number of rotatable bonds is 6. The SMILES string of the molecule is CC(C)(CN)C(=O)NCCOCC(F)(F)F. The lowest BCUT2D eigenvalue weighted by Gasteiger charge is -2.21. The van der Waals surface area contributed by atoms with Gasteiger partial charge in [0.05, 0.1) is 12.0 Å². The van der Waals surface area contributed by atoms with Gasteiger partial charge in [-0.2, -0.15) is 13.2 Å². The molecule has 0 aromatic rings. The summed E-state index contributed by atoms with van der Waals surface area (Å²) in [5, 5.41) is 2.45. The molecule has 0 aromatic carbocycles. The maximum Gasteiger partial charge on any atom is 0.411 e. The van der Waals surface area contributed by atoms with E-state index in [1.807, 2.05) is 0 Å². The third-order valence-electron chi connectivity index (χ3n) is 1.92. The van der Waals surface area contributed by atoms with Crippen LogP contribution >= 0.6 is 0 Å². The van der Waals surface area contributed by atoms with Gasteiger partial charge in [-0.25, -0.2) is 0 Å². The van der Waals surface area contributed by atoms with E-state index in [1.165, 1.54) is 0 Å². The Labute approximate surface area is 92.3 Å². The molecule has 4 nitrogen and oxygen atoms in total. The van der Waals surface area contributed by atoms with Crippen LogP contribution in [0.1, 0.15) is 13.8 Å². The fraction of sp³-hybridized carbons (Fsp3) is 0.889. The highest BCUT2D eigenvalue weighted by atomic mass is 19.4. The molecule has 0 radical (unpaired) electrons. The van der Waals surface area contributed by atoms with Crippen molar-refractivity contribution in [2.24, 2.45) is 11.1 Å². The molecule has 0 aliphatic heterocycles. The van der Waals surface area contributed by atoms with Gasteiger partial charge in [0.25, 0.3) is 0 Å². The van der Waals surface area contributed by atoms with Crippen molar-refractivity contribution >= 4 is 5.91 Å². The minimum atomic E-state index is -4.33. The van der Waals surface area contributed by atoms with Crippen LogP contribution in [0.4, 0.5) is 13.2 Å². The van der Waals surface area contributed by atoms with Crippen LogP contribution in [0.3, 0.4) is 0 Å². The largest absolute Gasteiger partial charge is 0.411 e. The third-order valence-corrected chi connectivity index (χ3v) is 1.92. The fourth-order valence-electron chi connectivity index (χ4n) is 0.757. The summed E-state index contributed by atoms with van der Waals surface area (Å²) in [6.45, 7) is 2.04. The molecule has 0 bridgehead atoms. The van der Waals surface area contributed by atoms with E-state index in [2.05, 4.69) is 10.1 Å². The van der Waals surface area contributed by atoms with Crippen molar-refractivity contribution in [3.05, 3.63) is 0 Å². The first-order chi connectivity index (χ1) is 7.19. The van der Waals surface area contributed by atoms with Gasteiger partial charge in [0, 0.05) is 13.1 Å². The molecular formula is C9H17F3N2O2. The van der Waals surface area contributed by atoms with E-state index in [1.54, 1.807) is 13.8 Å². The predicted octanol–water partition coefficient (Wildman–Crippen LogP) is 0.666. The normalized spacial score (nSPS) is 12.6. The van der Waals surface area contributed by atoms with E-state index < -0.39 is 18.2 Å². The molecule has 0 aliphatic rings. The molecule has 0 fully saturated rings. The van der Waals surface area contributed by atoms with Gasteiger partial charge in [0.15, 0.2) is 0 Å². The number of carbonyl (C=O) groups is 1. The number of halogens is 3. The summed E-state index contributed by atoms with van der Waals surface area (Å²) in [6.07, 6.45) is -4.33. The van der Waals surface area contributed by atoms with E-state index >= 15 is 0 Å². The van der Waals surface area contributed by atoms with Crippen LogP contribution in [0.15, 0.2) is 0 Å². The molecule has 3 N–H and O–H groups in total. The molecule has 0 rings (SSSR count). The highest BCUT2D eigenvalue weighted by Gasteiger charge is 2.28. The van der Waals surface area contributed by atoms with Crippen LogP contribution in [-0.4, -0.2) is 38.4 Å². The zero-order chi connectivity index (χ0) is 12.8. The Morgan fingerprint density at radius 2 is 1.94 bits per heavy atom. The summed E-state index contributed by atoms with van der Waals surface area (Å²) in [5.74, 6) is -0.300. The van der Waals surface area contributed by atoms with Crippen LogP contribution in [0.2, 0.25) is 0 Å². The van der Waals surface area contributed by atoms with Gasteiger partial charge in [-0.1, -0.05) is 0 Å². The van der Waals surface area contributed by atoms with Crippen molar-refractivity contribution in [1.82, 2.24) is 5.32 Å². The second-order valence-electron chi connectivity index (χ2n) is 4.01. The van der Waals surface area contributed by atoms with Gasteiger partial charge >= 0.3 is 6.18 Å². The Hall–Kier alpha value is -0.820. The zero-order valence-corrected chi connectivity index (χ0v) is 9.36. The van der Waals surface area contributed by atoms with E-state index in [4.69, 9.17) is 5.73 Å². The topological polar surface area (TPSA) is 64.4 Å². The molecule has 0 saturated heterocycles. The molecule has 0 atom stereocenters. The van der Waals surface area contributed by atoms with E-state index in [9.17, 15) is 18.0 Å². The monoisotopic (exact) mass is 242 g/mol. The highest BCUT2D eigenvalue weighted by molar-refractivity contribution is 5.81. The Morgan fingerprint density at radius 3 is 2.38 bits per heavy atom. The fourth-order valence-corrected chi connectivity index (χ4v) is 0.757. The van der Waals surface area contributed by atoms with Crippen molar-refractivity contribution in [2.45, 2.75) is 20.0 Å². The minimum absolute atomic E-state index is 0.0400. The summed E-state index contributed by atoms with van der Waals surface area (Å²) >= 11 is 0. The number of hydrogen-bond acceptors (Lipinski definition) is 3. The molecule has 0 unspecified atom stereocenters. The molecule has 0 aromatic heterocycles. The standard InChI is InChI=1S/C9H17F3N2O2/c1-8(2,5-13)7(15)14-3-4-16-6-9(10,11)12/h3-6,13H2,1-2H3,(H,14,15). The molecule has 0 heterocycles. The molecule has 16 heavy (non-hydrogen) atoms. The Bertz CT molecular complexity index is 229. The number of nitrogens with two attached hydrogens (primary N) is 1. The lowest BCUT2D eigenvalue weighted by Crippen LogP contribution is -2.43. The second kappa shape index (κ2) is 6.05. The Kier molecular flexibility index (Phi) is 5.74. The summed E-state index contributed by atoms with van der Waals surface area (Å²) in [6, 6.07) is 0. The molecule has 0 aliphatic carbocycles. The number of nitrogens with one attached hydrogen (secondary N) is 1. The predicted molar refractivity (Wildman–Crippen MR) is 52.7 cm³/mol. The molecule has 96 valence electrons. The summed E-state index contributed by atoms with van der Waals surface area (Å²) < 4.78 is 39.3. The molecule has 0 saturated carbocycles. The maximum absolute atomic E-state index is 11.7. The molecule has 1 amide bonds. The second-order valence-corrected chi connectivity index (χ2v) is 4.01. The van der Waals surface area contributed by atoms with E-state index in [0.717, 1.165) is 0 Å². The van der Waals surface area contributed by atoms with Crippen molar-refractivity contribution in [3.63, 3.8) is 0 Å². The smallest absolute Gasteiger partial charge is 0.370 e. The van der Waals surface area contributed by atoms with Gasteiger partial charge < -0.3 is 15.8 Å². The number of hydrogen-bond donors (Lipinski definition) is 2. The lowest BCUT2D eigenvalue weighted by atomic mass is 9.93. The summed E-state index contributed by atoms with van der Waals surface area (Å²) in [5.41, 5.74) is 4.64. The highest BCUT2D eigenvalue weighted by Crippen LogP contribution is 2.14. The maximum atomic E-state index is 11.7. The first-order valence-electron chi connectivity index (χ1n) is 4.82. The van der Waals surface area contributed by atoms with Crippen LogP contribution in [0, 0.1) is 5.41 Å². The number of ether oxygens (including phenoxy) is 1. The quantitative estimate of drug-likeness (QED) is 0.673. The van der Waals surface area contributed by atoms with Crippen LogP contribution in [0.25, 0.3) is 0 Å².